The van der Waals surface area contributed by atoms with Crippen LogP contribution in [0.15, 0.2) is 69.0 Å². The number of halogens is 1. The Kier molecular flexibility index (Phi) is 3.45. The molecule has 0 saturated heterocycles. The van der Waals surface area contributed by atoms with E-state index in [9.17, 15) is 4.39 Å². The first-order chi connectivity index (χ1) is 9.65. The van der Waals surface area contributed by atoms with Crippen LogP contribution in [0.1, 0.15) is 25.0 Å². The number of hydrogen-bond acceptors (Lipinski definition) is 2. The lowest BCUT2D eigenvalue weighted by atomic mass is 10.0. The molecule has 0 bridgehead atoms. The highest BCUT2D eigenvalue weighted by molar-refractivity contribution is 8.03. The molecule has 0 unspecified atom stereocenters. The normalized spacial score (nSPS) is 14.7. The Morgan fingerprint density at radius 2 is 1.80 bits per heavy atom. The Hall–Kier alpha value is -1.87. The third-order valence-corrected chi connectivity index (χ3v) is 4.47. The van der Waals surface area contributed by atoms with Crippen molar-refractivity contribution >= 4 is 17.5 Å². The summed E-state index contributed by atoms with van der Waals surface area (Å²) in [6.07, 6.45) is 0. The number of hydrogen-bond donors (Lipinski definition) is 0. The summed E-state index contributed by atoms with van der Waals surface area (Å²) in [5, 5.41) is 0. The first-order valence-electron chi connectivity index (χ1n) is 6.44. The molecular weight excluding hydrogens is 269 g/mol. The van der Waals surface area contributed by atoms with Gasteiger partial charge in [0.05, 0.1) is 5.71 Å². The summed E-state index contributed by atoms with van der Waals surface area (Å²) >= 11 is 1.71. The summed E-state index contributed by atoms with van der Waals surface area (Å²) in [4.78, 5) is 7.05. The smallest absolute Gasteiger partial charge is 0.123 e. The monoisotopic (exact) mass is 283 g/mol. The summed E-state index contributed by atoms with van der Waals surface area (Å²) in [5.74, 6) is -0.238. The molecule has 0 aliphatic carbocycles. The van der Waals surface area contributed by atoms with Crippen molar-refractivity contribution in [2.75, 3.05) is 0 Å². The van der Waals surface area contributed by atoms with Crippen molar-refractivity contribution in [1.82, 2.24) is 0 Å². The van der Waals surface area contributed by atoms with Crippen molar-refractivity contribution in [3.63, 3.8) is 0 Å². The van der Waals surface area contributed by atoms with Gasteiger partial charge in [0.25, 0.3) is 0 Å². The first kappa shape index (κ1) is 13.1. The van der Waals surface area contributed by atoms with E-state index in [0.29, 0.717) is 0 Å². The Morgan fingerprint density at radius 3 is 2.60 bits per heavy atom. The molecule has 0 atom stereocenters. The molecule has 20 heavy (non-hydrogen) atoms. The van der Waals surface area contributed by atoms with E-state index in [1.165, 1.54) is 17.0 Å². The highest BCUT2D eigenvalue weighted by Crippen LogP contribution is 2.35. The van der Waals surface area contributed by atoms with Crippen molar-refractivity contribution in [3.05, 3.63) is 76.1 Å². The van der Waals surface area contributed by atoms with Crippen LogP contribution in [0.2, 0.25) is 0 Å². The number of aliphatic imine (C=N–C) groups is 1. The molecule has 1 nitrogen and oxygen atoms in total. The van der Waals surface area contributed by atoms with E-state index in [0.717, 1.165) is 27.4 Å². The third kappa shape index (κ3) is 2.41. The zero-order valence-electron chi connectivity index (χ0n) is 11.4. The average molecular weight is 283 g/mol. The molecule has 1 heterocycles. The van der Waals surface area contributed by atoms with Crippen LogP contribution in [0.5, 0.6) is 0 Å². The molecule has 1 aliphatic heterocycles. The average Bonchev–Trinajstić information content (AvgIpc) is 2.57. The van der Waals surface area contributed by atoms with Gasteiger partial charge in [-0.3, -0.25) is 4.99 Å². The molecule has 0 spiro atoms. The molecule has 0 radical (unpaired) electrons. The van der Waals surface area contributed by atoms with E-state index in [2.05, 4.69) is 13.0 Å². The molecule has 0 amide bonds. The van der Waals surface area contributed by atoms with Crippen molar-refractivity contribution in [3.8, 4) is 0 Å². The predicted octanol–water partition coefficient (Wildman–Crippen LogP) is 5.02. The van der Waals surface area contributed by atoms with Gasteiger partial charge >= 0.3 is 0 Å². The Labute approximate surface area is 122 Å². The highest BCUT2D eigenvalue weighted by Gasteiger charge is 2.17. The topological polar surface area (TPSA) is 12.4 Å². The van der Waals surface area contributed by atoms with Crippen LogP contribution in [0.25, 0.3) is 0 Å². The minimum absolute atomic E-state index is 0.238. The van der Waals surface area contributed by atoms with E-state index in [-0.39, 0.29) is 5.82 Å². The van der Waals surface area contributed by atoms with Gasteiger partial charge in [0.2, 0.25) is 0 Å². The number of allylic oxidation sites excluding steroid dienone is 2. The lowest BCUT2D eigenvalue weighted by Gasteiger charge is -2.09. The standard InChI is InChI=1S/C17H14FNS/c1-11-12(2)20-16-9-4-3-8-15(16)17(19-11)13-6-5-7-14(18)10-13/h3-10H,1-2H3. The van der Waals surface area contributed by atoms with Crippen molar-refractivity contribution in [2.24, 2.45) is 4.99 Å². The molecule has 3 rings (SSSR count). The molecule has 100 valence electrons. The van der Waals surface area contributed by atoms with E-state index >= 15 is 0 Å². The van der Waals surface area contributed by atoms with Crippen LogP contribution < -0.4 is 0 Å². The summed E-state index contributed by atoms with van der Waals surface area (Å²) < 4.78 is 13.5. The Morgan fingerprint density at radius 1 is 1.00 bits per heavy atom. The third-order valence-electron chi connectivity index (χ3n) is 3.29. The summed E-state index contributed by atoms with van der Waals surface area (Å²) in [6, 6.07) is 14.7. The van der Waals surface area contributed by atoms with Gasteiger partial charge in [-0.25, -0.2) is 4.39 Å². The summed E-state index contributed by atoms with van der Waals surface area (Å²) in [7, 11) is 0. The van der Waals surface area contributed by atoms with Crippen LogP contribution in [0.4, 0.5) is 4.39 Å². The fourth-order valence-corrected chi connectivity index (χ4v) is 3.10. The van der Waals surface area contributed by atoms with Crippen LogP contribution in [0, 0.1) is 5.82 Å². The fraction of sp³-hybridized carbons (Fsp3) is 0.118. The van der Waals surface area contributed by atoms with E-state index in [4.69, 9.17) is 4.99 Å². The molecule has 2 aromatic carbocycles. The Bertz CT molecular complexity index is 731. The zero-order valence-corrected chi connectivity index (χ0v) is 12.2. The molecular formula is C17H14FNS. The Balaban J connectivity index is 2.24. The number of nitrogens with zero attached hydrogens (tertiary/aromatic N) is 1. The van der Waals surface area contributed by atoms with Gasteiger partial charge in [-0.05, 0) is 32.0 Å². The van der Waals surface area contributed by atoms with Crippen LogP contribution >= 0.6 is 11.8 Å². The number of thioether (sulfide) groups is 1. The number of benzene rings is 2. The molecule has 1 aliphatic rings. The van der Waals surface area contributed by atoms with Crippen LogP contribution in [-0.2, 0) is 0 Å². The van der Waals surface area contributed by atoms with Crippen LogP contribution in [0.3, 0.4) is 0 Å². The van der Waals surface area contributed by atoms with Gasteiger partial charge in [0, 0.05) is 26.6 Å². The maximum atomic E-state index is 13.5. The molecule has 0 saturated carbocycles. The molecule has 2 aromatic rings. The van der Waals surface area contributed by atoms with E-state index in [1.807, 2.05) is 31.2 Å². The van der Waals surface area contributed by atoms with Gasteiger partial charge in [0.15, 0.2) is 0 Å². The van der Waals surface area contributed by atoms with Gasteiger partial charge in [0.1, 0.15) is 5.82 Å². The number of rotatable bonds is 1. The predicted molar refractivity (Wildman–Crippen MR) is 82.7 cm³/mol. The van der Waals surface area contributed by atoms with Crippen molar-refractivity contribution in [1.29, 1.82) is 0 Å². The lowest BCUT2D eigenvalue weighted by molar-refractivity contribution is 0.627. The van der Waals surface area contributed by atoms with Gasteiger partial charge in [-0.15, -0.1) is 0 Å². The lowest BCUT2D eigenvalue weighted by Crippen LogP contribution is -2.04. The summed E-state index contributed by atoms with van der Waals surface area (Å²) in [5.41, 5.74) is 3.68. The van der Waals surface area contributed by atoms with E-state index < -0.39 is 0 Å². The van der Waals surface area contributed by atoms with Gasteiger partial charge < -0.3 is 0 Å². The largest absolute Gasteiger partial charge is 0.252 e. The van der Waals surface area contributed by atoms with Gasteiger partial charge in [-0.1, -0.05) is 42.1 Å². The highest BCUT2D eigenvalue weighted by atomic mass is 32.2. The maximum absolute atomic E-state index is 13.5. The van der Waals surface area contributed by atoms with Crippen molar-refractivity contribution in [2.45, 2.75) is 18.7 Å². The van der Waals surface area contributed by atoms with Crippen LogP contribution in [-0.4, -0.2) is 5.71 Å². The molecule has 0 N–H and O–H groups in total. The fourth-order valence-electron chi connectivity index (χ4n) is 2.15. The molecule has 0 aromatic heterocycles. The van der Waals surface area contributed by atoms with Gasteiger partial charge in [-0.2, -0.15) is 0 Å². The zero-order chi connectivity index (χ0) is 14.1. The number of fused-ring (bicyclic) bond motifs is 1. The SMILES string of the molecule is CC1=C(C)Sc2ccccc2C(c2cccc(F)c2)=N1. The second-order valence-electron chi connectivity index (χ2n) is 4.71. The maximum Gasteiger partial charge on any atom is 0.123 e. The molecule has 3 heteroatoms. The quantitative estimate of drug-likeness (QED) is 0.715. The minimum Gasteiger partial charge on any atom is -0.252 e. The van der Waals surface area contributed by atoms with E-state index in [1.54, 1.807) is 17.8 Å². The molecule has 0 fully saturated rings. The summed E-state index contributed by atoms with van der Waals surface area (Å²) in [6.45, 7) is 4.06. The second kappa shape index (κ2) is 5.25. The first-order valence-corrected chi connectivity index (χ1v) is 7.26. The minimum atomic E-state index is -0.238. The second-order valence-corrected chi connectivity index (χ2v) is 5.97. The van der Waals surface area contributed by atoms with Crippen molar-refractivity contribution < 1.29 is 4.39 Å².